The van der Waals surface area contributed by atoms with Crippen LogP contribution in [0.5, 0.6) is 0 Å². The molecule has 0 atom stereocenters. The minimum Gasteiger partial charge on any atom is -0.384 e. The molecule has 1 aromatic carbocycles. The summed E-state index contributed by atoms with van der Waals surface area (Å²) in [4.78, 5) is 11.8. The van der Waals surface area contributed by atoms with Gasteiger partial charge in [0.2, 0.25) is 4.77 Å². The maximum atomic E-state index is 14.1. The second kappa shape index (κ2) is 5.30. The van der Waals surface area contributed by atoms with Gasteiger partial charge in [-0.25, -0.2) is 18.9 Å². The van der Waals surface area contributed by atoms with Crippen LogP contribution < -0.4 is 11.0 Å². The summed E-state index contributed by atoms with van der Waals surface area (Å²) >= 11 is 5.07. The first-order chi connectivity index (χ1) is 9.49. The number of aromatic nitrogens is 3. The second-order valence-electron chi connectivity index (χ2n) is 4.09. The first-order valence-electron chi connectivity index (χ1n) is 5.85. The largest absolute Gasteiger partial charge is 0.384 e. The summed E-state index contributed by atoms with van der Waals surface area (Å²) in [6, 6.07) is 4.40. The molecule has 1 heterocycles. The number of nitrogens with zero attached hydrogens (tertiary/aromatic N) is 3. The fourth-order valence-corrected chi connectivity index (χ4v) is 2.08. The van der Waals surface area contributed by atoms with Crippen LogP contribution >= 0.6 is 12.2 Å². The average molecular weight is 293 g/mol. The lowest BCUT2D eigenvalue weighted by Gasteiger charge is -2.10. The quantitative estimate of drug-likeness (QED) is 0.844. The minimum absolute atomic E-state index is 0.00630. The molecule has 8 heteroatoms. The number of halogens is 1. The van der Waals surface area contributed by atoms with Crippen LogP contribution in [-0.2, 0) is 7.05 Å². The first kappa shape index (κ1) is 14.0. The number of aryl methyl sites for hydroxylation is 1. The average Bonchev–Trinajstić information content (AvgIpc) is 2.66. The van der Waals surface area contributed by atoms with Gasteiger partial charge < -0.3 is 5.32 Å². The summed E-state index contributed by atoms with van der Waals surface area (Å²) in [7, 11) is 1.56. The molecule has 0 unspecified atom stereocenters. The molecule has 0 aliphatic carbocycles. The molecule has 0 saturated heterocycles. The van der Waals surface area contributed by atoms with E-state index < -0.39 is 11.5 Å². The molecular formula is C12H12FN5OS. The summed E-state index contributed by atoms with van der Waals surface area (Å²) in [5.41, 5.74) is 0.0962. The summed E-state index contributed by atoms with van der Waals surface area (Å²) < 4.78 is 16.6. The van der Waals surface area contributed by atoms with Crippen molar-refractivity contribution in [2.75, 3.05) is 11.9 Å². The monoisotopic (exact) mass is 293 g/mol. The van der Waals surface area contributed by atoms with E-state index >= 15 is 0 Å². The highest BCUT2D eigenvalue weighted by atomic mass is 32.1. The third-order valence-corrected chi connectivity index (χ3v) is 3.22. The number of hydrogen-bond acceptors (Lipinski definition) is 4. The standard InChI is InChI=1S/C12H12FN5OS/c1-3-15-9-5-10(8(13)4-7(9)6-14)18-11(19)16-17(2)12(18)20/h4-5,15H,3H2,1-2H3,(H,16,19). The molecule has 6 nitrogen and oxygen atoms in total. The highest BCUT2D eigenvalue weighted by Crippen LogP contribution is 2.22. The lowest BCUT2D eigenvalue weighted by molar-refractivity contribution is 0.615. The van der Waals surface area contributed by atoms with E-state index in [1.54, 1.807) is 7.05 Å². The van der Waals surface area contributed by atoms with Gasteiger partial charge >= 0.3 is 5.69 Å². The Kier molecular flexibility index (Phi) is 3.72. The Balaban J connectivity index is 2.75. The number of benzene rings is 1. The van der Waals surface area contributed by atoms with E-state index in [4.69, 9.17) is 17.5 Å². The lowest BCUT2D eigenvalue weighted by atomic mass is 10.1. The molecule has 0 fully saturated rings. The lowest BCUT2D eigenvalue weighted by Crippen LogP contribution is -2.17. The minimum atomic E-state index is -0.684. The van der Waals surface area contributed by atoms with E-state index in [1.165, 1.54) is 10.7 Å². The molecule has 0 spiro atoms. The predicted molar refractivity (Wildman–Crippen MR) is 75.0 cm³/mol. The molecule has 2 aromatic rings. The molecule has 2 rings (SSSR count). The molecule has 1 aromatic heterocycles. The van der Waals surface area contributed by atoms with Crippen molar-refractivity contribution in [1.82, 2.24) is 14.3 Å². The number of nitriles is 1. The highest BCUT2D eigenvalue weighted by Gasteiger charge is 2.15. The molecule has 0 aliphatic rings. The zero-order valence-electron chi connectivity index (χ0n) is 10.9. The van der Waals surface area contributed by atoms with Crippen LogP contribution in [0.15, 0.2) is 16.9 Å². The summed E-state index contributed by atoms with van der Waals surface area (Å²) in [5.74, 6) is -0.684. The Morgan fingerprint density at radius 3 is 2.75 bits per heavy atom. The second-order valence-corrected chi connectivity index (χ2v) is 4.45. The molecule has 0 amide bonds. The first-order valence-corrected chi connectivity index (χ1v) is 6.26. The van der Waals surface area contributed by atoms with Crippen molar-refractivity contribution in [2.45, 2.75) is 6.92 Å². The van der Waals surface area contributed by atoms with E-state index in [1.807, 2.05) is 13.0 Å². The number of hydrogen-bond donors (Lipinski definition) is 2. The fourth-order valence-electron chi connectivity index (χ4n) is 1.85. The van der Waals surface area contributed by atoms with Crippen LogP contribution in [-0.4, -0.2) is 20.9 Å². The van der Waals surface area contributed by atoms with Crippen LogP contribution in [0.2, 0.25) is 0 Å². The van der Waals surface area contributed by atoms with E-state index in [-0.39, 0.29) is 16.0 Å². The molecule has 0 aliphatic heterocycles. The number of aromatic amines is 1. The third-order valence-electron chi connectivity index (χ3n) is 2.76. The Hall–Kier alpha value is -2.40. The van der Waals surface area contributed by atoms with E-state index in [0.717, 1.165) is 10.6 Å². The van der Waals surface area contributed by atoms with Crippen LogP contribution in [0.3, 0.4) is 0 Å². The number of anilines is 1. The van der Waals surface area contributed by atoms with Gasteiger partial charge in [-0.1, -0.05) is 0 Å². The van der Waals surface area contributed by atoms with Crippen molar-refractivity contribution in [3.8, 4) is 11.8 Å². The molecule has 2 N–H and O–H groups in total. The van der Waals surface area contributed by atoms with Crippen LogP contribution in [0.1, 0.15) is 12.5 Å². The Morgan fingerprint density at radius 1 is 1.55 bits per heavy atom. The SMILES string of the molecule is CCNc1cc(-n2c(=O)[nH]n(C)c2=S)c(F)cc1C#N. The van der Waals surface area contributed by atoms with Crippen molar-refractivity contribution in [1.29, 1.82) is 5.26 Å². The molecule has 0 radical (unpaired) electrons. The van der Waals surface area contributed by atoms with Crippen molar-refractivity contribution < 1.29 is 4.39 Å². The molecule has 20 heavy (non-hydrogen) atoms. The summed E-state index contributed by atoms with van der Waals surface area (Å²) in [6.07, 6.45) is 0. The maximum Gasteiger partial charge on any atom is 0.347 e. The smallest absolute Gasteiger partial charge is 0.347 e. The van der Waals surface area contributed by atoms with Crippen LogP contribution in [0.25, 0.3) is 5.69 Å². The molecule has 0 bridgehead atoms. The topological polar surface area (TPSA) is 78.5 Å². The van der Waals surface area contributed by atoms with Gasteiger partial charge in [0.1, 0.15) is 11.9 Å². The van der Waals surface area contributed by atoms with Crippen molar-refractivity contribution >= 4 is 17.9 Å². The van der Waals surface area contributed by atoms with Gasteiger partial charge in [-0.05, 0) is 31.3 Å². The molecule has 0 saturated carbocycles. The number of rotatable bonds is 3. The van der Waals surface area contributed by atoms with Gasteiger partial charge in [-0.3, -0.25) is 4.68 Å². The Morgan fingerprint density at radius 2 is 2.25 bits per heavy atom. The summed E-state index contributed by atoms with van der Waals surface area (Å²) in [5, 5.41) is 14.4. The van der Waals surface area contributed by atoms with Crippen LogP contribution in [0.4, 0.5) is 10.1 Å². The van der Waals surface area contributed by atoms with Crippen molar-refractivity contribution in [2.24, 2.45) is 7.05 Å². The van der Waals surface area contributed by atoms with E-state index in [2.05, 4.69) is 10.4 Å². The van der Waals surface area contributed by atoms with Gasteiger partial charge in [0.05, 0.1) is 16.9 Å². The normalized spacial score (nSPS) is 10.3. The third kappa shape index (κ3) is 2.23. The van der Waals surface area contributed by atoms with Gasteiger partial charge in [-0.2, -0.15) is 5.26 Å². The van der Waals surface area contributed by atoms with Crippen molar-refractivity contribution in [3.63, 3.8) is 0 Å². The van der Waals surface area contributed by atoms with E-state index in [0.29, 0.717) is 12.2 Å². The zero-order valence-corrected chi connectivity index (χ0v) is 11.7. The number of nitrogens with one attached hydrogen (secondary N) is 2. The van der Waals surface area contributed by atoms with E-state index in [9.17, 15) is 9.18 Å². The highest BCUT2D eigenvalue weighted by molar-refractivity contribution is 7.71. The zero-order chi connectivity index (χ0) is 14.9. The van der Waals surface area contributed by atoms with Crippen molar-refractivity contribution in [3.05, 3.63) is 38.8 Å². The molecular weight excluding hydrogens is 281 g/mol. The summed E-state index contributed by atoms with van der Waals surface area (Å²) in [6.45, 7) is 2.42. The maximum absolute atomic E-state index is 14.1. The van der Waals surface area contributed by atoms with Crippen LogP contribution in [0, 0.1) is 21.9 Å². The predicted octanol–water partition coefficient (Wildman–Crippen LogP) is 1.68. The Labute approximate surface area is 119 Å². The van der Waals surface area contributed by atoms with Gasteiger partial charge in [0.15, 0.2) is 0 Å². The van der Waals surface area contributed by atoms with Gasteiger partial charge in [-0.15, -0.1) is 0 Å². The molecule has 104 valence electrons. The Bertz CT molecular complexity index is 811. The van der Waals surface area contributed by atoms with Gasteiger partial charge in [0.25, 0.3) is 0 Å². The van der Waals surface area contributed by atoms with Gasteiger partial charge in [0, 0.05) is 13.6 Å². The number of H-pyrrole nitrogens is 1. The fraction of sp³-hybridized carbons (Fsp3) is 0.250.